The average Bonchev–Trinajstić information content (AvgIpc) is 3.62. The number of nitrogens with one attached hydrogen (secondary N) is 2. The van der Waals surface area contributed by atoms with Crippen LogP contribution in [0.2, 0.25) is 5.02 Å². The summed E-state index contributed by atoms with van der Waals surface area (Å²) >= 11 is 7.57. The summed E-state index contributed by atoms with van der Waals surface area (Å²) in [5, 5.41) is 5.51. The highest BCUT2D eigenvalue weighted by atomic mass is 35.5. The van der Waals surface area contributed by atoms with Crippen LogP contribution in [-0.2, 0) is 33.2 Å². The molecule has 3 aromatic rings. The lowest BCUT2D eigenvalue weighted by Crippen LogP contribution is -2.32. The molecule has 3 heterocycles. The van der Waals surface area contributed by atoms with Crippen molar-refractivity contribution < 1.29 is 22.7 Å². The van der Waals surface area contributed by atoms with E-state index in [0.717, 1.165) is 54.3 Å². The van der Waals surface area contributed by atoms with Crippen molar-refractivity contribution in [2.24, 2.45) is 0 Å². The van der Waals surface area contributed by atoms with Gasteiger partial charge in [-0.1, -0.05) is 35.9 Å². The number of anilines is 1. The van der Waals surface area contributed by atoms with Crippen LogP contribution in [0.25, 0.3) is 0 Å². The van der Waals surface area contributed by atoms with E-state index >= 15 is 0 Å². The van der Waals surface area contributed by atoms with Crippen LogP contribution in [0.15, 0.2) is 35.6 Å². The number of ether oxygens (including phenoxy) is 1. The Morgan fingerprint density at radius 3 is 2.76 bits per heavy atom. The second kappa shape index (κ2) is 11.1. The van der Waals surface area contributed by atoms with Gasteiger partial charge < -0.3 is 15.4 Å². The van der Waals surface area contributed by atoms with Crippen molar-refractivity contribution in [3.05, 3.63) is 68.3 Å². The van der Waals surface area contributed by atoms with Crippen LogP contribution < -0.4 is 10.6 Å². The first-order valence-corrected chi connectivity index (χ1v) is 15.2. The zero-order chi connectivity index (χ0) is 26.9. The maximum atomic E-state index is 13.3. The fraction of sp³-hybridized carbons (Fsp3) is 0.385. The second-order valence-corrected chi connectivity index (χ2v) is 12.8. The summed E-state index contributed by atoms with van der Waals surface area (Å²) in [7, 11) is -3.95. The largest absolute Gasteiger partial charge is 0.376 e. The monoisotopic (exact) mass is 574 g/mol. The van der Waals surface area contributed by atoms with Crippen LogP contribution >= 0.6 is 22.9 Å². The standard InChI is InChI=1S/C26H27ClN4O5S2/c1-15-6-2-3-7-16(15)14-38(34,35)26-29-13-19(27)22(30-26)24(33)31-25-21(18-9-4-10-20(18)37-25)23(32)28-12-17-8-5-11-36-17/h2-3,6-7,13,17H,4-5,8-12,14H2,1H3,(H,28,32)(H,31,33). The van der Waals surface area contributed by atoms with Gasteiger partial charge in [-0.3, -0.25) is 9.59 Å². The highest BCUT2D eigenvalue weighted by Crippen LogP contribution is 2.39. The number of carbonyl (C=O) groups excluding carboxylic acids is 2. The van der Waals surface area contributed by atoms with Gasteiger partial charge in [0.05, 0.1) is 28.6 Å². The van der Waals surface area contributed by atoms with E-state index in [9.17, 15) is 18.0 Å². The minimum atomic E-state index is -3.95. The lowest BCUT2D eigenvalue weighted by atomic mass is 10.1. The fourth-order valence-electron chi connectivity index (χ4n) is 4.70. The normalized spacial score (nSPS) is 16.8. The van der Waals surface area contributed by atoms with E-state index < -0.39 is 20.9 Å². The predicted octanol–water partition coefficient (Wildman–Crippen LogP) is 4.12. The average molecular weight is 575 g/mol. The SMILES string of the molecule is Cc1ccccc1CS(=O)(=O)c1ncc(Cl)c(C(=O)Nc2sc3c(c2C(=O)NCC2CCCO2)CCC3)n1. The molecule has 2 aliphatic rings. The molecule has 2 N–H and O–H groups in total. The van der Waals surface area contributed by atoms with E-state index in [4.69, 9.17) is 16.3 Å². The summed E-state index contributed by atoms with van der Waals surface area (Å²) in [6.07, 6.45) is 5.49. The van der Waals surface area contributed by atoms with Crippen molar-refractivity contribution in [1.29, 1.82) is 0 Å². The van der Waals surface area contributed by atoms with Gasteiger partial charge in [-0.2, -0.15) is 0 Å². The number of nitrogens with zero attached hydrogens (tertiary/aromatic N) is 2. The maximum absolute atomic E-state index is 13.3. The number of carbonyl (C=O) groups is 2. The van der Waals surface area contributed by atoms with Gasteiger partial charge in [0, 0.05) is 18.0 Å². The van der Waals surface area contributed by atoms with Gasteiger partial charge in [0.25, 0.3) is 11.8 Å². The summed E-state index contributed by atoms with van der Waals surface area (Å²) in [5.41, 5.74) is 2.53. The van der Waals surface area contributed by atoms with Crippen molar-refractivity contribution in [1.82, 2.24) is 15.3 Å². The van der Waals surface area contributed by atoms with Crippen molar-refractivity contribution in [2.45, 2.75) is 56.0 Å². The molecule has 9 nitrogen and oxygen atoms in total. The first kappa shape index (κ1) is 26.7. The van der Waals surface area contributed by atoms with Crippen LogP contribution in [0.1, 0.15) is 61.7 Å². The summed E-state index contributed by atoms with van der Waals surface area (Å²) in [4.78, 5) is 35.4. The van der Waals surface area contributed by atoms with E-state index in [1.807, 2.05) is 19.1 Å². The molecule has 1 saturated heterocycles. The Kier molecular flexibility index (Phi) is 7.80. The van der Waals surface area contributed by atoms with Gasteiger partial charge in [-0.25, -0.2) is 18.4 Å². The first-order chi connectivity index (χ1) is 18.2. The smallest absolute Gasteiger partial charge is 0.276 e. The highest BCUT2D eigenvalue weighted by Gasteiger charge is 2.30. The van der Waals surface area contributed by atoms with Crippen LogP contribution in [0.5, 0.6) is 0 Å². The highest BCUT2D eigenvalue weighted by molar-refractivity contribution is 7.90. The number of hydrogen-bond donors (Lipinski definition) is 2. The van der Waals surface area contributed by atoms with Crippen LogP contribution in [0.4, 0.5) is 5.00 Å². The Morgan fingerprint density at radius 1 is 1.18 bits per heavy atom. The van der Waals surface area contributed by atoms with E-state index in [2.05, 4.69) is 20.6 Å². The number of benzene rings is 1. The quantitative estimate of drug-likeness (QED) is 0.387. The summed E-state index contributed by atoms with van der Waals surface area (Å²) in [5.74, 6) is -1.29. The maximum Gasteiger partial charge on any atom is 0.276 e. The zero-order valence-electron chi connectivity index (χ0n) is 20.8. The number of sulfone groups is 1. The van der Waals surface area contributed by atoms with E-state index in [1.54, 1.807) is 12.1 Å². The van der Waals surface area contributed by atoms with Gasteiger partial charge in [-0.15, -0.1) is 11.3 Å². The Hall–Kier alpha value is -2.86. The number of aromatic nitrogens is 2. The van der Waals surface area contributed by atoms with Gasteiger partial charge in [0.1, 0.15) is 5.00 Å². The van der Waals surface area contributed by atoms with Crippen molar-refractivity contribution >= 4 is 49.6 Å². The van der Waals surface area contributed by atoms with Crippen molar-refractivity contribution in [3.8, 4) is 0 Å². The molecule has 200 valence electrons. The number of halogens is 1. The Balaban J connectivity index is 1.38. The second-order valence-electron chi connectivity index (χ2n) is 9.40. The molecule has 12 heteroatoms. The number of hydrogen-bond acceptors (Lipinski definition) is 8. The molecule has 2 aromatic heterocycles. The molecule has 1 unspecified atom stereocenters. The fourth-order valence-corrected chi connectivity index (χ4v) is 7.46. The van der Waals surface area contributed by atoms with Gasteiger partial charge >= 0.3 is 0 Å². The number of fused-ring (bicyclic) bond motifs is 1. The number of thiophene rings is 1. The molecule has 2 amide bonds. The lowest BCUT2D eigenvalue weighted by molar-refractivity contribution is 0.0858. The molecule has 0 saturated carbocycles. The molecular formula is C26H27ClN4O5S2. The van der Waals surface area contributed by atoms with Crippen LogP contribution in [-0.4, -0.2) is 49.5 Å². The predicted molar refractivity (Wildman–Crippen MR) is 145 cm³/mol. The Labute approximate surface area is 229 Å². The number of rotatable bonds is 8. The molecule has 1 aromatic carbocycles. The third-order valence-electron chi connectivity index (χ3n) is 6.71. The van der Waals surface area contributed by atoms with Crippen molar-refractivity contribution in [2.75, 3.05) is 18.5 Å². The van der Waals surface area contributed by atoms with Gasteiger partial charge in [0.2, 0.25) is 15.0 Å². The third-order valence-corrected chi connectivity index (χ3v) is 9.64. The summed E-state index contributed by atoms with van der Waals surface area (Å²) in [6.45, 7) is 2.91. The summed E-state index contributed by atoms with van der Waals surface area (Å²) < 4.78 is 31.7. The van der Waals surface area contributed by atoms with Gasteiger partial charge in [0.15, 0.2) is 5.69 Å². The molecular weight excluding hydrogens is 548 g/mol. The molecule has 0 spiro atoms. The number of amides is 2. The molecule has 1 atom stereocenters. The number of aryl methyl sites for hydroxylation is 2. The molecule has 0 radical (unpaired) electrons. The van der Waals surface area contributed by atoms with Crippen LogP contribution in [0.3, 0.4) is 0 Å². The molecule has 1 aliphatic carbocycles. The molecule has 0 bridgehead atoms. The third kappa shape index (κ3) is 5.61. The zero-order valence-corrected chi connectivity index (χ0v) is 23.1. The molecule has 1 aliphatic heterocycles. The Morgan fingerprint density at radius 2 is 2.00 bits per heavy atom. The molecule has 1 fully saturated rings. The van der Waals surface area contributed by atoms with E-state index in [1.165, 1.54) is 11.3 Å². The minimum absolute atomic E-state index is 0.0106. The molecule has 38 heavy (non-hydrogen) atoms. The van der Waals surface area contributed by atoms with Crippen molar-refractivity contribution in [3.63, 3.8) is 0 Å². The first-order valence-electron chi connectivity index (χ1n) is 12.4. The minimum Gasteiger partial charge on any atom is -0.376 e. The summed E-state index contributed by atoms with van der Waals surface area (Å²) in [6, 6.07) is 7.12. The molecule has 5 rings (SSSR count). The van der Waals surface area contributed by atoms with Crippen LogP contribution in [0, 0.1) is 6.92 Å². The lowest BCUT2D eigenvalue weighted by Gasteiger charge is -2.13. The topological polar surface area (TPSA) is 127 Å². The Bertz CT molecular complexity index is 1500. The van der Waals surface area contributed by atoms with Gasteiger partial charge in [-0.05, 0) is 55.7 Å². The van der Waals surface area contributed by atoms with E-state index in [0.29, 0.717) is 29.3 Å². The van der Waals surface area contributed by atoms with E-state index in [-0.39, 0.29) is 28.5 Å².